The number of aromatic nitrogens is 2. The molecule has 15 heavy (non-hydrogen) atoms. The van der Waals surface area contributed by atoms with Gasteiger partial charge in [0.25, 0.3) is 0 Å². The summed E-state index contributed by atoms with van der Waals surface area (Å²) in [7, 11) is 0.266. The second kappa shape index (κ2) is 5.13. The molecule has 0 saturated heterocycles. The molecule has 0 saturated carbocycles. The largest absolute Gasteiger partial charge is 0.320 e. The van der Waals surface area contributed by atoms with E-state index in [1.807, 2.05) is 0 Å². The van der Waals surface area contributed by atoms with Crippen LogP contribution in [0.1, 0.15) is 6.42 Å². The lowest BCUT2D eigenvalue weighted by molar-refractivity contribution is 0.596. The van der Waals surface area contributed by atoms with Crippen LogP contribution in [0.5, 0.6) is 0 Å². The SMILES string of the molecule is CNCCCS(=O)(=O)Nc1ccn(C)n1. The van der Waals surface area contributed by atoms with Crippen LogP contribution in [0.25, 0.3) is 0 Å². The maximum absolute atomic E-state index is 11.5. The van der Waals surface area contributed by atoms with E-state index in [1.165, 1.54) is 0 Å². The highest BCUT2D eigenvalue weighted by molar-refractivity contribution is 7.92. The van der Waals surface area contributed by atoms with Crippen molar-refractivity contribution in [2.45, 2.75) is 6.42 Å². The van der Waals surface area contributed by atoms with Crippen LogP contribution in [0, 0.1) is 0 Å². The van der Waals surface area contributed by atoms with E-state index in [-0.39, 0.29) is 5.75 Å². The summed E-state index contributed by atoms with van der Waals surface area (Å²) >= 11 is 0. The van der Waals surface area contributed by atoms with E-state index < -0.39 is 10.0 Å². The van der Waals surface area contributed by atoms with Gasteiger partial charge in [-0.25, -0.2) is 8.42 Å². The summed E-state index contributed by atoms with van der Waals surface area (Å²) in [6, 6.07) is 1.62. The van der Waals surface area contributed by atoms with Crippen molar-refractivity contribution >= 4 is 15.8 Å². The van der Waals surface area contributed by atoms with E-state index in [0.29, 0.717) is 18.8 Å². The number of hydrogen-bond acceptors (Lipinski definition) is 4. The first-order valence-electron chi connectivity index (χ1n) is 4.68. The number of rotatable bonds is 6. The fourth-order valence-electron chi connectivity index (χ4n) is 1.12. The molecular formula is C8H16N4O2S. The topological polar surface area (TPSA) is 76.0 Å². The quantitative estimate of drug-likeness (QED) is 0.664. The standard InChI is InChI=1S/C8H16N4O2S/c1-9-5-3-7-15(13,14)11-8-4-6-12(2)10-8/h4,6,9H,3,5,7H2,1-2H3,(H,10,11). The predicted octanol–water partition coefficient (Wildman–Crippen LogP) is -0.229. The molecule has 0 fully saturated rings. The van der Waals surface area contributed by atoms with Crippen molar-refractivity contribution in [3.8, 4) is 0 Å². The summed E-state index contributed by atoms with van der Waals surface area (Å²) < 4.78 is 26.9. The molecule has 6 nitrogen and oxygen atoms in total. The molecule has 0 aliphatic carbocycles. The molecule has 0 unspecified atom stereocenters. The lowest BCUT2D eigenvalue weighted by atomic mass is 10.5. The van der Waals surface area contributed by atoms with Gasteiger partial charge in [-0.15, -0.1) is 0 Å². The Bertz CT molecular complexity index is 399. The monoisotopic (exact) mass is 232 g/mol. The molecule has 0 amide bonds. The molecule has 7 heteroatoms. The van der Waals surface area contributed by atoms with E-state index in [2.05, 4.69) is 15.1 Å². The zero-order valence-corrected chi connectivity index (χ0v) is 9.71. The molecule has 0 radical (unpaired) electrons. The van der Waals surface area contributed by atoms with Crippen molar-refractivity contribution < 1.29 is 8.42 Å². The molecule has 0 atom stereocenters. The Labute approximate surface area is 89.7 Å². The van der Waals surface area contributed by atoms with Gasteiger partial charge < -0.3 is 5.32 Å². The molecule has 1 aromatic heterocycles. The molecule has 0 aliphatic heterocycles. The Morgan fingerprint density at radius 3 is 2.80 bits per heavy atom. The van der Waals surface area contributed by atoms with Gasteiger partial charge >= 0.3 is 0 Å². The van der Waals surface area contributed by atoms with E-state index >= 15 is 0 Å². The first-order valence-corrected chi connectivity index (χ1v) is 6.33. The minimum atomic E-state index is -3.26. The van der Waals surface area contributed by atoms with Gasteiger partial charge in [-0.2, -0.15) is 5.10 Å². The van der Waals surface area contributed by atoms with Crippen molar-refractivity contribution in [3.63, 3.8) is 0 Å². The summed E-state index contributed by atoms with van der Waals surface area (Å²) in [5, 5.41) is 6.83. The Morgan fingerprint density at radius 1 is 1.53 bits per heavy atom. The van der Waals surface area contributed by atoms with E-state index in [0.717, 1.165) is 0 Å². The molecule has 86 valence electrons. The van der Waals surface area contributed by atoms with Gasteiger partial charge in [0.05, 0.1) is 5.75 Å². The maximum atomic E-state index is 11.5. The third-order valence-electron chi connectivity index (χ3n) is 1.81. The number of anilines is 1. The lowest BCUT2D eigenvalue weighted by Crippen LogP contribution is -2.20. The fraction of sp³-hybridized carbons (Fsp3) is 0.625. The Kier molecular flexibility index (Phi) is 4.10. The normalized spacial score (nSPS) is 11.6. The summed E-state index contributed by atoms with van der Waals surface area (Å²) in [6.07, 6.45) is 2.27. The number of hydrogen-bond donors (Lipinski definition) is 2. The second-order valence-electron chi connectivity index (χ2n) is 3.25. The first kappa shape index (κ1) is 12.0. The van der Waals surface area contributed by atoms with Crippen molar-refractivity contribution in [2.24, 2.45) is 7.05 Å². The Hall–Kier alpha value is -1.08. The zero-order valence-electron chi connectivity index (χ0n) is 8.90. The first-order chi connectivity index (χ1) is 7.03. The Morgan fingerprint density at radius 2 is 2.27 bits per heavy atom. The van der Waals surface area contributed by atoms with Gasteiger partial charge in [-0.05, 0) is 20.0 Å². The van der Waals surface area contributed by atoms with E-state index in [4.69, 9.17) is 0 Å². The summed E-state index contributed by atoms with van der Waals surface area (Å²) in [6.45, 7) is 0.684. The molecule has 0 aliphatic rings. The number of sulfonamides is 1. The predicted molar refractivity (Wildman–Crippen MR) is 59.2 cm³/mol. The van der Waals surface area contributed by atoms with Crippen LogP contribution in [0.15, 0.2) is 12.3 Å². The average Bonchev–Trinajstić information content (AvgIpc) is 2.50. The van der Waals surface area contributed by atoms with Crippen LogP contribution in [0.4, 0.5) is 5.82 Å². The second-order valence-corrected chi connectivity index (χ2v) is 5.09. The number of aryl methyl sites for hydroxylation is 1. The van der Waals surface area contributed by atoms with E-state index in [1.54, 1.807) is 31.0 Å². The summed E-state index contributed by atoms with van der Waals surface area (Å²) in [4.78, 5) is 0. The van der Waals surface area contributed by atoms with Crippen LogP contribution in [-0.2, 0) is 17.1 Å². The van der Waals surface area contributed by atoms with Crippen LogP contribution in [0.2, 0.25) is 0 Å². The van der Waals surface area contributed by atoms with E-state index in [9.17, 15) is 8.42 Å². The van der Waals surface area contributed by atoms with Gasteiger partial charge in [0.2, 0.25) is 10.0 Å². The van der Waals surface area contributed by atoms with Gasteiger partial charge in [-0.3, -0.25) is 9.40 Å². The number of nitrogens with zero attached hydrogens (tertiary/aromatic N) is 2. The van der Waals surface area contributed by atoms with Crippen molar-refractivity contribution in [1.82, 2.24) is 15.1 Å². The van der Waals surface area contributed by atoms with Gasteiger partial charge in [0.1, 0.15) is 0 Å². The molecular weight excluding hydrogens is 216 g/mol. The molecule has 0 spiro atoms. The minimum absolute atomic E-state index is 0.102. The highest BCUT2D eigenvalue weighted by atomic mass is 32.2. The summed E-state index contributed by atoms with van der Waals surface area (Å²) in [5.74, 6) is 0.465. The van der Waals surface area contributed by atoms with Crippen molar-refractivity contribution in [3.05, 3.63) is 12.3 Å². The molecule has 0 bridgehead atoms. The number of nitrogens with one attached hydrogen (secondary N) is 2. The van der Waals surface area contributed by atoms with Gasteiger partial charge in [-0.1, -0.05) is 0 Å². The third-order valence-corrected chi connectivity index (χ3v) is 3.16. The minimum Gasteiger partial charge on any atom is -0.320 e. The van der Waals surface area contributed by atoms with Crippen molar-refractivity contribution in [2.75, 3.05) is 24.1 Å². The van der Waals surface area contributed by atoms with Crippen molar-refractivity contribution in [1.29, 1.82) is 0 Å². The molecule has 2 N–H and O–H groups in total. The zero-order chi connectivity index (χ0) is 11.3. The molecule has 1 rings (SSSR count). The maximum Gasteiger partial charge on any atom is 0.233 e. The molecule has 0 aromatic carbocycles. The van der Waals surface area contributed by atoms with Crippen LogP contribution >= 0.6 is 0 Å². The highest BCUT2D eigenvalue weighted by Crippen LogP contribution is 2.04. The van der Waals surface area contributed by atoms with Crippen LogP contribution in [-0.4, -0.2) is 37.5 Å². The van der Waals surface area contributed by atoms with Gasteiger partial charge in [0, 0.05) is 19.3 Å². The van der Waals surface area contributed by atoms with Gasteiger partial charge in [0.15, 0.2) is 5.82 Å². The average molecular weight is 232 g/mol. The third kappa shape index (κ3) is 4.30. The smallest absolute Gasteiger partial charge is 0.233 e. The highest BCUT2D eigenvalue weighted by Gasteiger charge is 2.10. The fourth-order valence-corrected chi connectivity index (χ4v) is 2.17. The molecule has 1 heterocycles. The Balaban J connectivity index is 2.49. The van der Waals surface area contributed by atoms with Crippen LogP contribution < -0.4 is 10.0 Å². The summed E-state index contributed by atoms with van der Waals surface area (Å²) in [5.41, 5.74) is 0. The molecule has 1 aromatic rings. The lowest BCUT2D eigenvalue weighted by Gasteiger charge is -2.04. The van der Waals surface area contributed by atoms with Crippen LogP contribution in [0.3, 0.4) is 0 Å².